The van der Waals surface area contributed by atoms with E-state index in [2.05, 4.69) is 28.6 Å². The van der Waals surface area contributed by atoms with Gasteiger partial charge in [0.15, 0.2) is 0 Å². The van der Waals surface area contributed by atoms with Crippen LogP contribution >= 0.6 is 0 Å². The lowest BCUT2D eigenvalue weighted by Crippen LogP contribution is -2.36. The first-order valence-electron chi connectivity index (χ1n) is 9.20. The van der Waals surface area contributed by atoms with E-state index in [4.69, 9.17) is 4.98 Å². The van der Waals surface area contributed by atoms with Crippen LogP contribution in [0.4, 0.5) is 5.95 Å². The fourth-order valence-corrected chi connectivity index (χ4v) is 3.86. The van der Waals surface area contributed by atoms with Crippen molar-refractivity contribution in [3.8, 4) is 0 Å². The van der Waals surface area contributed by atoms with Gasteiger partial charge in [-0.3, -0.25) is 9.78 Å². The van der Waals surface area contributed by atoms with Crippen LogP contribution in [0.25, 0.3) is 0 Å². The lowest BCUT2D eigenvalue weighted by molar-refractivity contribution is 0.191. The van der Waals surface area contributed by atoms with E-state index in [0.29, 0.717) is 5.92 Å². The second-order valence-corrected chi connectivity index (χ2v) is 7.51. The maximum absolute atomic E-state index is 12.1. The van der Waals surface area contributed by atoms with Crippen molar-refractivity contribution in [2.75, 3.05) is 37.6 Å². The van der Waals surface area contributed by atoms with Crippen LogP contribution in [-0.2, 0) is 0 Å². The number of rotatable bonds is 4. The van der Waals surface area contributed by atoms with Gasteiger partial charge in [0.05, 0.1) is 5.69 Å². The highest BCUT2D eigenvalue weighted by Crippen LogP contribution is 2.27. The summed E-state index contributed by atoms with van der Waals surface area (Å²) in [6, 6.07) is 1.72. The molecule has 0 spiro atoms. The minimum Gasteiger partial charge on any atom is -0.342 e. The topological polar surface area (TPSA) is 52.2 Å². The van der Waals surface area contributed by atoms with Crippen LogP contribution in [0.15, 0.2) is 10.9 Å². The lowest BCUT2D eigenvalue weighted by atomic mass is 9.93. The number of nitrogens with one attached hydrogen (secondary N) is 1. The first-order chi connectivity index (χ1) is 11.1. The Bertz CT molecular complexity index is 554. The molecule has 3 rings (SSSR count). The molecule has 1 N–H and O–H groups in total. The molecule has 2 aliphatic rings. The first-order valence-corrected chi connectivity index (χ1v) is 9.20. The molecule has 1 aromatic rings. The number of piperidine rings is 2. The van der Waals surface area contributed by atoms with Crippen LogP contribution in [0.2, 0.25) is 0 Å². The van der Waals surface area contributed by atoms with Gasteiger partial charge in [0.25, 0.3) is 5.56 Å². The molecule has 3 heterocycles. The largest absolute Gasteiger partial charge is 0.342 e. The molecular weight excluding hydrogens is 288 g/mol. The normalized spacial score (nSPS) is 21.1. The van der Waals surface area contributed by atoms with E-state index in [1.165, 1.54) is 25.8 Å². The van der Waals surface area contributed by atoms with Crippen molar-refractivity contribution in [1.29, 1.82) is 0 Å². The molecule has 0 radical (unpaired) electrons. The van der Waals surface area contributed by atoms with E-state index in [1.54, 1.807) is 6.07 Å². The molecule has 0 unspecified atom stereocenters. The van der Waals surface area contributed by atoms with Gasteiger partial charge in [-0.25, -0.2) is 4.98 Å². The van der Waals surface area contributed by atoms with Crippen molar-refractivity contribution in [3.05, 3.63) is 22.1 Å². The zero-order valence-corrected chi connectivity index (χ0v) is 14.6. The predicted octanol–water partition coefficient (Wildman–Crippen LogP) is 2.60. The molecule has 0 aromatic carbocycles. The molecule has 0 bridgehead atoms. The summed E-state index contributed by atoms with van der Waals surface area (Å²) in [7, 11) is 0. The molecule has 0 saturated carbocycles. The third-order valence-corrected chi connectivity index (χ3v) is 5.03. The molecule has 5 nitrogen and oxygen atoms in total. The molecule has 2 fully saturated rings. The molecule has 0 amide bonds. The number of hydrogen-bond acceptors (Lipinski definition) is 4. The first kappa shape index (κ1) is 16.5. The van der Waals surface area contributed by atoms with Crippen molar-refractivity contribution in [1.82, 2.24) is 14.9 Å². The fourth-order valence-electron chi connectivity index (χ4n) is 3.86. The van der Waals surface area contributed by atoms with Gasteiger partial charge in [-0.15, -0.1) is 0 Å². The predicted molar refractivity (Wildman–Crippen MR) is 94.2 cm³/mol. The van der Waals surface area contributed by atoms with Gasteiger partial charge in [-0.05, 0) is 51.1 Å². The van der Waals surface area contributed by atoms with Gasteiger partial charge in [0.2, 0.25) is 5.95 Å². The Hall–Kier alpha value is -1.36. The molecule has 1 aromatic heterocycles. The Morgan fingerprint density at radius 3 is 2.52 bits per heavy atom. The minimum atomic E-state index is 0.000170. The SMILES string of the molecule is CC(C)CN1CCC(c2cc(=O)[nH]c(N3CCCCC3)n2)CC1. The Morgan fingerprint density at radius 2 is 1.87 bits per heavy atom. The van der Waals surface area contributed by atoms with Crippen molar-refractivity contribution in [2.45, 2.75) is 51.9 Å². The standard InChI is InChI=1S/C18H30N4O/c1-14(2)13-21-10-6-15(7-11-21)16-12-17(23)20-18(19-16)22-8-4-3-5-9-22/h12,14-15H,3-11,13H2,1-2H3,(H,19,20,23). The summed E-state index contributed by atoms with van der Waals surface area (Å²) >= 11 is 0. The quantitative estimate of drug-likeness (QED) is 0.927. The zero-order chi connectivity index (χ0) is 16.2. The molecule has 2 aliphatic heterocycles. The molecule has 0 atom stereocenters. The average molecular weight is 318 g/mol. The Morgan fingerprint density at radius 1 is 1.17 bits per heavy atom. The molecule has 128 valence electrons. The second-order valence-electron chi connectivity index (χ2n) is 7.51. The number of likely N-dealkylation sites (tertiary alicyclic amines) is 1. The summed E-state index contributed by atoms with van der Waals surface area (Å²) < 4.78 is 0. The van der Waals surface area contributed by atoms with E-state index in [0.717, 1.165) is 56.6 Å². The van der Waals surface area contributed by atoms with Crippen LogP contribution in [0.1, 0.15) is 57.6 Å². The summed E-state index contributed by atoms with van der Waals surface area (Å²) in [5.41, 5.74) is 0.999. The smallest absolute Gasteiger partial charge is 0.252 e. The lowest BCUT2D eigenvalue weighted by Gasteiger charge is -2.33. The molecular formula is C18H30N4O. The monoisotopic (exact) mass is 318 g/mol. The highest BCUT2D eigenvalue weighted by atomic mass is 16.1. The van der Waals surface area contributed by atoms with Gasteiger partial charge in [0, 0.05) is 31.6 Å². The van der Waals surface area contributed by atoms with Crippen molar-refractivity contribution in [2.24, 2.45) is 5.92 Å². The molecule has 23 heavy (non-hydrogen) atoms. The van der Waals surface area contributed by atoms with Crippen molar-refractivity contribution >= 4 is 5.95 Å². The number of aromatic amines is 1. The van der Waals surface area contributed by atoms with E-state index in [9.17, 15) is 4.79 Å². The summed E-state index contributed by atoms with van der Waals surface area (Å²) in [5, 5.41) is 0. The number of aromatic nitrogens is 2. The van der Waals surface area contributed by atoms with E-state index in [-0.39, 0.29) is 5.56 Å². The second kappa shape index (κ2) is 7.47. The van der Waals surface area contributed by atoms with Crippen LogP contribution < -0.4 is 10.5 Å². The maximum Gasteiger partial charge on any atom is 0.252 e. The maximum atomic E-state index is 12.1. The number of hydrogen-bond donors (Lipinski definition) is 1. The van der Waals surface area contributed by atoms with Gasteiger partial charge in [-0.1, -0.05) is 13.8 Å². The van der Waals surface area contributed by atoms with Crippen molar-refractivity contribution < 1.29 is 0 Å². The highest BCUT2D eigenvalue weighted by Gasteiger charge is 2.23. The summed E-state index contributed by atoms with van der Waals surface area (Å²) in [6.45, 7) is 9.99. The van der Waals surface area contributed by atoms with Gasteiger partial charge >= 0.3 is 0 Å². The highest BCUT2D eigenvalue weighted by molar-refractivity contribution is 5.31. The van der Waals surface area contributed by atoms with Crippen LogP contribution in [0.5, 0.6) is 0 Å². The Kier molecular flexibility index (Phi) is 5.36. The summed E-state index contributed by atoms with van der Waals surface area (Å²) in [4.78, 5) is 24.6. The van der Waals surface area contributed by atoms with E-state index < -0.39 is 0 Å². The van der Waals surface area contributed by atoms with Crippen molar-refractivity contribution in [3.63, 3.8) is 0 Å². The molecule has 2 saturated heterocycles. The van der Waals surface area contributed by atoms with Crippen LogP contribution in [0, 0.1) is 5.92 Å². The Labute approximate surface area is 139 Å². The zero-order valence-electron chi connectivity index (χ0n) is 14.6. The van der Waals surface area contributed by atoms with Gasteiger partial charge in [0.1, 0.15) is 0 Å². The van der Waals surface area contributed by atoms with Crippen LogP contribution in [0.3, 0.4) is 0 Å². The summed E-state index contributed by atoms with van der Waals surface area (Å²) in [5.74, 6) is 1.94. The molecule has 5 heteroatoms. The fraction of sp³-hybridized carbons (Fsp3) is 0.778. The number of anilines is 1. The average Bonchev–Trinajstić information content (AvgIpc) is 2.55. The summed E-state index contributed by atoms with van der Waals surface area (Å²) in [6.07, 6.45) is 5.91. The molecule has 0 aliphatic carbocycles. The van der Waals surface area contributed by atoms with E-state index in [1.807, 2.05) is 0 Å². The number of nitrogens with zero attached hydrogens (tertiary/aromatic N) is 3. The third-order valence-electron chi connectivity index (χ3n) is 5.03. The van der Waals surface area contributed by atoms with E-state index >= 15 is 0 Å². The van der Waals surface area contributed by atoms with Gasteiger partial charge in [-0.2, -0.15) is 0 Å². The minimum absolute atomic E-state index is 0.000170. The third kappa shape index (κ3) is 4.34. The Balaban J connectivity index is 1.68. The van der Waals surface area contributed by atoms with Crippen LogP contribution in [-0.4, -0.2) is 47.6 Å². The van der Waals surface area contributed by atoms with Gasteiger partial charge < -0.3 is 9.80 Å². The number of H-pyrrole nitrogens is 1.